The molecule has 1 heterocycles. The van der Waals surface area contributed by atoms with Crippen LogP contribution in [0.2, 0.25) is 5.02 Å². The van der Waals surface area contributed by atoms with E-state index in [1.54, 1.807) is 24.3 Å². The molecule has 0 aromatic heterocycles. The Morgan fingerprint density at radius 3 is 2.68 bits per heavy atom. The Balaban J connectivity index is 1.99. The first-order chi connectivity index (χ1) is 8.99. The van der Waals surface area contributed by atoms with Gasteiger partial charge in [-0.25, -0.2) is 8.42 Å². The summed E-state index contributed by atoms with van der Waals surface area (Å²) < 4.78 is 24.4. The van der Waals surface area contributed by atoms with E-state index in [9.17, 15) is 8.42 Å². The van der Waals surface area contributed by atoms with Gasteiger partial charge in [-0.2, -0.15) is 0 Å². The van der Waals surface area contributed by atoms with Gasteiger partial charge in [-0.05, 0) is 31.2 Å². The van der Waals surface area contributed by atoms with Crippen LogP contribution in [0.15, 0.2) is 29.2 Å². The molecule has 1 atom stereocenters. The van der Waals surface area contributed by atoms with Crippen molar-refractivity contribution < 1.29 is 8.42 Å². The van der Waals surface area contributed by atoms with Gasteiger partial charge in [0.2, 0.25) is 0 Å². The van der Waals surface area contributed by atoms with E-state index < -0.39 is 9.84 Å². The minimum absolute atomic E-state index is 0.152. The van der Waals surface area contributed by atoms with Gasteiger partial charge in [0.1, 0.15) is 0 Å². The molecule has 4 nitrogen and oxygen atoms in total. The van der Waals surface area contributed by atoms with Gasteiger partial charge < -0.3 is 5.32 Å². The molecule has 106 valence electrons. The van der Waals surface area contributed by atoms with Crippen LogP contribution in [-0.4, -0.2) is 51.3 Å². The van der Waals surface area contributed by atoms with Gasteiger partial charge in [0, 0.05) is 37.2 Å². The zero-order valence-electron chi connectivity index (χ0n) is 11.0. The number of hydrogen-bond donors (Lipinski definition) is 1. The van der Waals surface area contributed by atoms with E-state index in [-0.39, 0.29) is 5.75 Å². The monoisotopic (exact) mass is 302 g/mol. The van der Waals surface area contributed by atoms with Gasteiger partial charge in [0.15, 0.2) is 9.84 Å². The van der Waals surface area contributed by atoms with Crippen LogP contribution in [0.1, 0.15) is 6.92 Å². The third kappa shape index (κ3) is 3.92. The van der Waals surface area contributed by atoms with Gasteiger partial charge in [-0.15, -0.1) is 0 Å². The Morgan fingerprint density at radius 2 is 2.05 bits per heavy atom. The maximum Gasteiger partial charge on any atom is 0.179 e. The SMILES string of the molecule is CC1CNCCN1CCS(=O)(=O)c1ccc(Cl)cc1. The molecule has 0 spiro atoms. The van der Waals surface area contributed by atoms with E-state index in [2.05, 4.69) is 17.1 Å². The lowest BCUT2D eigenvalue weighted by Gasteiger charge is -2.33. The Morgan fingerprint density at radius 1 is 1.37 bits per heavy atom. The summed E-state index contributed by atoms with van der Waals surface area (Å²) in [5.41, 5.74) is 0. The molecular weight excluding hydrogens is 284 g/mol. The number of hydrogen-bond acceptors (Lipinski definition) is 4. The van der Waals surface area contributed by atoms with Gasteiger partial charge in [-0.3, -0.25) is 4.90 Å². The highest BCUT2D eigenvalue weighted by Gasteiger charge is 2.21. The number of rotatable bonds is 4. The van der Waals surface area contributed by atoms with Crippen molar-refractivity contribution in [2.24, 2.45) is 0 Å². The summed E-state index contributed by atoms with van der Waals surface area (Å²) in [6, 6.07) is 6.75. The smallest absolute Gasteiger partial charge is 0.179 e. The molecule has 0 amide bonds. The molecule has 6 heteroatoms. The third-order valence-corrected chi connectivity index (χ3v) is 5.42. The predicted molar refractivity (Wildman–Crippen MR) is 77.4 cm³/mol. The Hall–Kier alpha value is -0.620. The average Bonchev–Trinajstić information content (AvgIpc) is 2.38. The van der Waals surface area contributed by atoms with Gasteiger partial charge >= 0.3 is 0 Å². The molecular formula is C13H19ClN2O2S. The summed E-state index contributed by atoms with van der Waals surface area (Å²) in [5, 5.41) is 3.84. The first kappa shape index (κ1) is 14.8. The minimum atomic E-state index is -3.22. The second-order valence-corrected chi connectivity index (χ2v) is 7.41. The van der Waals surface area contributed by atoms with Crippen LogP contribution in [-0.2, 0) is 9.84 Å². The highest BCUT2D eigenvalue weighted by atomic mass is 35.5. The van der Waals surface area contributed by atoms with Crippen LogP contribution in [0.4, 0.5) is 0 Å². The Kier molecular flexibility index (Phi) is 4.84. The largest absolute Gasteiger partial charge is 0.314 e. The van der Waals surface area contributed by atoms with Crippen molar-refractivity contribution in [3.05, 3.63) is 29.3 Å². The first-order valence-electron chi connectivity index (χ1n) is 6.42. The zero-order chi connectivity index (χ0) is 13.9. The van der Waals surface area contributed by atoms with Gasteiger partial charge in [0.05, 0.1) is 10.6 Å². The highest BCUT2D eigenvalue weighted by molar-refractivity contribution is 7.91. The Bertz CT molecular complexity index is 516. The van der Waals surface area contributed by atoms with Crippen molar-refractivity contribution >= 4 is 21.4 Å². The van der Waals surface area contributed by atoms with Crippen LogP contribution >= 0.6 is 11.6 Å². The lowest BCUT2D eigenvalue weighted by Crippen LogP contribution is -2.50. The second kappa shape index (κ2) is 6.22. The van der Waals surface area contributed by atoms with E-state index in [0.717, 1.165) is 19.6 Å². The molecule has 1 N–H and O–H groups in total. The summed E-state index contributed by atoms with van der Waals surface area (Å²) in [6.45, 7) is 5.43. The zero-order valence-corrected chi connectivity index (χ0v) is 12.5. The molecule has 0 radical (unpaired) electrons. The summed E-state index contributed by atoms with van der Waals surface area (Å²) in [4.78, 5) is 2.56. The molecule has 1 aliphatic rings. The van der Waals surface area contributed by atoms with Gasteiger partial charge in [-0.1, -0.05) is 11.6 Å². The topological polar surface area (TPSA) is 49.4 Å². The van der Waals surface area contributed by atoms with Crippen molar-refractivity contribution in [1.82, 2.24) is 10.2 Å². The standard InChI is InChI=1S/C13H19ClN2O2S/c1-11-10-15-6-7-16(11)8-9-19(17,18)13-4-2-12(14)3-5-13/h2-5,11,15H,6-10H2,1H3. The van der Waals surface area contributed by atoms with Crippen LogP contribution in [0.25, 0.3) is 0 Å². The number of piperazine rings is 1. The molecule has 1 aliphatic heterocycles. The molecule has 1 aromatic rings. The number of nitrogens with zero attached hydrogens (tertiary/aromatic N) is 1. The van der Waals surface area contributed by atoms with Crippen LogP contribution in [0.5, 0.6) is 0 Å². The van der Waals surface area contributed by atoms with Crippen LogP contribution in [0.3, 0.4) is 0 Å². The molecule has 1 aromatic carbocycles. The molecule has 2 rings (SSSR count). The number of benzene rings is 1. The molecule has 1 saturated heterocycles. The highest BCUT2D eigenvalue weighted by Crippen LogP contribution is 2.16. The molecule has 1 unspecified atom stereocenters. The summed E-state index contributed by atoms with van der Waals surface area (Å²) in [5.74, 6) is 0.152. The molecule has 0 aliphatic carbocycles. The van der Waals surface area contributed by atoms with E-state index in [1.165, 1.54) is 0 Å². The van der Waals surface area contributed by atoms with E-state index in [4.69, 9.17) is 11.6 Å². The molecule has 0 bridgehead atoms. The Labute approximate surface area is 119 Å². The minimum Gasteiger partial charge on any atom is -0.314 e. The molecule has 0 saturated carbocycles. The quantitative estimate of drug-likeness (QED) is 0.913. The summed E-state index contributed by atoms with van der Waals surface area (Å²) in [6.07, 6.45) is 0. The van der Waals surface area contributed by atoms with Crippen molar-refractivity contribution in [1.29, 1.82) is 0 Å². The maximum absolute atomic E-state index is 12.2. The van der Waals surface area contributed by atoms with E-state index in [0.29, 0.717) is 22.5 Å². The van der Waals surface area contributed by atoms with Crippen LogP contribution < -0.4 is 5.32 Å². The second-order valence-electron chi connectivity index (χ2n) is 4.86. The maximum atomic E-state index is 12.2. The van der Waals surface area contributed by atoms with Crippen molar-refractivity contribution in [2.75, 3.05) is 31.9 Å². The fraction of sp³-hybridized carbons (Fsp3) is 0.538. The number of halogens is 1. The van der Waals surface area contributed by atoms with Crippen molar-refractivity contribution in [3.63, 3.8) is 0 Å². The molecule has 1 fully saturated rings. The summed E-state index contributed by atoms with van der Waals surface area (Å²) in [7, 11) is -3.22. The third-order valence-electron chi connectivity index (χ3n) is 3.46. The van der Waals surface area contributed by atoms with Crippen molar-refractivity contribution in [3.8, 4) is 0 Å². The van der Waals surface area contributed by atoms with Gasteiger partial charge in [0.25, 0.3) is 0 Å². The average molecular weight is 303 g/mol. The van der Waals surface area contributed by atoms with Crippen LogP contribution in [0, 0.1) is 0 Å². The number of sulfone groups is 1. The predicted octanol–water partition coefficient (Wildman–Crippen LogP) is 1.41. The fourth-order valence-electron chi connectivity index (χ4n) is 2.21. The molecule has 19 heavy (non-hydrogen) atoms. The fourth-order valence-corrected chi connectivity index (χ4v) is 3.60. The number of nitrogens with one attached hydrogen (secondary N) is 1. The van der Waals surface area contributed by atoms with E-state index in [1.807, 2.05) is 0 Å². The van der Waals surface area contributed by atoms with E-state index >= 15 is 0 Å². The lowest BCUT2D eigenvalue weighted by atomic mass is 10.2. The summed E-state index contributed by atoms with van der Waals surface area (Å²) >= 11 is 5.77. The normalized spacial score (nSPS) is 21.5. The van der Waals surface area contributed by atoms with Crippen molar-refractivity contribution in [2.45, 2.75) is 17.9 Å². The first-order valence-corrected chi connectivity index (χ1v) is 8.45. The lowest BCUT2D eigenvalue weighted by molar-refractivity contribution is 0.184.